The maximum absolute atomic E-state index is 13.9. The van der Waals surface area contributed by atoms with Crippen LogP contribution in [0, 0.1) is 11.7 Å². The van der Waals surface area contributed by atoms with Gasteiger partial charge in [-0.25, -0.2) is 9.37 Å². The summed E-state index contributed by atoms with van der Waals surface area (Å²) in [6.07, 6.45) is 2.51. The Bertz CT molecular complexity index is 1450. The number of imidazole rings is 1. The fraction of sp³-hybridized carbons (Fsp3) is 0.429. The van der Waals surface area contributed by atoms with E-state index in [1.54, 1.807) is 44.3 Å². The fourth-order valence-electron chi connectivity index (χ4n) is 4.74. The molecular formula is C28H36FN5O5S. The normalized spacial score (nSPS) is 21.2. The minimum atomic E-state index is -3.96. The van der Waals surface area contributed by atoms with Gasteiger partial charge in [-0.05, 0) is 48.7 Å². The van der Waals surface area contributed by atoms with E-state index in [1.807, 2.05) is 13.0 Å². The van der Waals surface area contributed by atoms with Gasteiger partial charge in [0.05, 0.1) is 18.0 Å². The van der Waals surface area contributed by atoms with Crippen molar-refractivity contribution in [3.63, 3.8) is 0 Å². The summed E-state index contributed by atoms with van der Waals surface area (Å²) in [6, 6.07) is 11.0. The monoisotopic (exact) mass is 573 g/mol. The number of methoxy groups -OCH3 is 1. The Kier molecular flexibility index (Phi) is 9.12. The Labute approximate surface area is 234 Å². The van der Waals surface area contributed by atoms with Gasteiger partial charge in [0, 0.05) is 58.8 Å². The lowest BCUT2D eigenvalue weighted by atomic mass is 10.0. The lowest BCUT2D eigenvalue weighted by molar-refractivity contribution is 0.00920. The number of nitrogens with one attached hydrogen (secondary N) is 1. The number of sulfonamides is 1. The van der Waals surface area contributed by atoms with E-state index in [4.69, 9.17) is 9.47 Å². The number of ether oxygens (including phenoxy) is 2. The minimum absolute atomic E-state index is 0.0340. The fourth-order valence-corrected chi connectivity index (χ4v) is 5.77. The number of aromatic nitrogens is 2. The standard InChI is InChI=1S/C28H36FN5O5S/c1-19-13-34(14-21-7-6-8-22(29)11-21)20(2)17-39-25-10-9-23(31-40(36,37)27-16-32(3)18-30-27)12-24(25)28(35)33(4)15-26(19)38-5/h6-12,16,18-20,26,31H,13-15,17H2,1-5H3/t19-,20-,26-/m1/s1. The van der Waals surface area contributed by atoms with Gasteiger partial charge in [0.15, 0.2) is 5.03 Å². The van der Waals surface area contributed by atoms with Crippen molar-refractivity contribution in [2.45, 2.75) is 37.6 Å². The first kappa shape index (κ1) is 29.5. The highest BCUT2D eigenvalue weighted by Crippen LogP contribution is 2.28. The molecule has 1 amide bonds. The molecule has 3 aromatic rings. The molecule has 1 aliphatic heterocycles. The summed E-state index contributed by atoms with van der Waals surface area (Å²) in [5.41, 5.74) is 1.27. The van der Waals surface area contributed by atoms with Crippen molar-refractivity contribution >= 4 is 21.6 Å². The summed E-state index contributed by atoms with van der Waals surface area (Å²) in [5.74, 6) is -0.250. The Morgan fingerprint density at radius 3 is 2.60 bits per heavy atom. The number of hydrogen-bond acceptors (Lipinski definition) is 7. The largest absolute Gasteiger partial charge is 0.491 e. The Hall–Kier alpha value is -3.48. The summed E-state index contributed by atoms with van der Waals surface area (Å²) in [6.45, 7) is 5.79. The van der Waals surface area contributed by atoms with Crippen LogP contribution >= 0.6 is 0 Å². The summed E-state index contributed by atoms with van der Waals surface area (Å²) in [5, 5.41) is -0.133. The smallest absolute Gasteiger partial charge is 0.280 e. The molecule has 2 aromatic carbocycles. The molecule has 0 unspecified atom stereocenters. The number of likely N-dealkylation sites (N-methyl/N-ethyl adjacent to an activating group) is 1. The van der Waals surface area contributed by atoms with Gasteiger partial charge < -0.3 is 18.9 Å². The molecule has 0 saturated carbocycles. The molecule has 0 aliphatic carbocycles. The first-order chi connectivity index (χ1) is 19.0. The van der Waals surface area contributed by atoms with E-state index in [-0.39, 0.29) is 52.7 Å². The van der Waals surface area contributed by atoms with Crippen molar-refractivity contribution in [3.05, 3.63) is 71.9 Å². The summed E-state index contributed by atoms with van der Waals surface area (Å²) >= 11 is 0. The molecule has 1 N–H and O–H groups in total. The van der Waals surface area contributed by atoms with Crippen molar-refractivity contribution < 1.29 is 27.1 Å². The number of hydrogen-bond donors (Lipinski definition) is 1. The molecule has 4 rings (SSSR count). The van der Waals surface area contributed by atoms with Crippen LogP contribution in [0.25, 0.3) is 0 Å². The molecule has 3 atom stereocenters. The number of carbonyl (C=O) groups is 1. The highest BCUT2D eigenvalue weighted by Gasteiger charge is 2.29. The van der Waals surface area contributed by atoms with Crippen LogP contribution < -0.4 is 9.46 Å². The predicted octanol–water partition coefficient (Wildman–Crippen LogP) is 3.37. The molecule has 216 valence electrons. The molecule has 1 aromatic heterocycles. The Morgan fingerprint density at radius 1 is 1.15 bits per heavy atom. The van der Waals surface area contributed by atoms with Crippen LogP contribution in [0.3, 0.4) is 0 Å². The number of fused-ring (bicyclic) bond motifs is 1. The van der Waals surface area contributed by atoms with Gasteiger partial charge in [-0.3, -0.25) is 14.4 Å². The summed E-state index contributed by atoms with van der Waals surface area (Å²) in [7, 11) is 1.01. The SMILES string of the molecule is CO[C@@H]1CN(C)C(=O)c2cc(NS(=O)(=O)c3cn(C)cn3)ccc2OC[C@@H](C)N(Cc2cccc(F)c2)C[C@H]1C. The van der Waals surface area contributed by atoms with Crippen molar-refractivity contribution in [2.75, 3.05) is 38.6 Å². The average Bonchev–Trinajstić information content (AvgIpc) is 3.36. The third-order valence-corrected chi connectivity index (χ3v) is 8.32. The van der Waals surface area contributed by atoms with Crippen molar-refractivity contribution in [2.24, 2.45) is 13.0 Å². The zero-order valence-corrected chi connectivity index (χ0v) is 24.2. The van der Waals surface area contributed by atoms with Crippen LogP contribution in [0.1, 0.15) is 29.8 Å². The molecule has 0 bridgehead atoms. The van der Waals surface area contributed by atoms with Crippen LogP contribution in [-0.2, 0) is 28.4 Å². The molecule has 10 nitrogen and oxygen atoms in total. The van der Waals surface area contributed by atoms with Crippen LogP contribution in [0.2, 0.25) is 0 Å². The van der Waals surface area contributed by atoms with Crippen LogP contribution in [0.5, 0.6) is 5.75 Å². The topological polar surface area (TPSA) is 106 Å². The van der Waals surface area contributed by atoms with Crippen molar-refractivity contribution in [3.8, 4) is 5.75 Å². The second kappa shape index (κ2) is 12.4. The van der Waals surface area contributed by atoms with E-state index < -0.39 is 10.0 Å². The van der Waals surface area contributed by atoms with E-state index in [9.17, 15) is 17.6 Å². The van der Waals surface area contributed by atoms with Gasteiger partial charge in [0.25, 0.3) is 15.9 Å². The first-order valence-electron chi connectivity index (χ1n) is 13.0. The zero-order valence-electron chi connectivity index (χ0n) is 23.4. The number of benzene rings is 2. The Morgan fingerprint density at radius 2 is 1.93 bits per heavy atom. The number of nitrogens with zero attached hydrogens (tertiary/aromatic N) is 4. The third-order valence-electron chi connectivity index (χ3n) is 7.06. The van der Waals surface area contributed by atoms with Crippen molar-refractivity contribution in [1.82, 2.24) is 19.4 Å². The van der Waals surface area contributed by atoms with Gasteiger partial charge in [0.1, 0.15) is 18.2 Å². The molecule has 40 heavy (non-hydrogen) atoms. The highest BCUT2D eigenvalue weighted by molar-refractivity contribution is 7.92. The number of aryl methyl sites for hydroxylation is 1. The van der Waals surface area contributed by atoms with E-state index >= 15 is 0 Å². The molecule has 12 heteroatoms. The lowest BCUT2D eigenvalue weighted by Gasteiger charge is -2.36. The summed E-state index contributed by atoms with van der Waals surface area (Å²) in [4.78, 5) is 21.3. The zero-order chi connectivity index (χ0) is 29.0. The molecule has 2 heterocycles. The van der Waals surface area contributed by atoms with Gasteiger partial charge in [-0.1, -0.05) is 19.1 Å². The second-order valence-corrected chi connectivity index (χ2v) is 12.0. The van der Waals surface area contributed by atoms with Gasteiger partial charge in [-0.15, -0.1) is 0 Å². The Balaban J connectivity index is 1.65. The van der Waals surface area contributed by atoms with E-state index in [0.717, 1.165) is 5.56 Å². The lowest BCUT2D eigenvalue weighted by Crippen LogP contribution is -2.46. The van der Waals surface area contributed by atoms with E-state index in [0.29, 0.717) is 25.4 Å². The van der Waals surface area contributed by atoms with Crippen LogP contribution in [-0.4, -0.2) is 79.7 Å². The van der Waals surface area contributed by atoms with Gasteiger partial charge in [-0.2, -0.15) is 8.42 Å². The molecule has 0 spiro atoms. The highest BCUT2D eigenvalue weighted by atomic mass is 32.2. The third kappa shape index (κ3) is 6.98. The average molecular weight is 574 g/mol. The molecular weight excluding hydrogens is 537 g/mol. The number of halogens is 1. The summed E-state index contributed by atoms with van der Waals surface area (Å²) < 4.78 is 55.6. The quantitative estimate of drug-likeness (QED) is 0.482. The van der Waals surface area contributed by atoms with Crippen LogP contribution in [0.4, 0.5) is 10.1 Å². The molecule has 0 fully saturated rings. The number of amides is 1. The van der Waals surface area contributed by atoms with E-state index in [2.05, 4.69) is 21.5 Å². The molecule has 1 aliphatic rings. The molecule has 0 radical (unpaired) electrons. The second-order valence-electron chi connectivity index (χ2n) is 10.4. The van der Waals surface area contributed by atoms with E-state index in [1.165, 1.54) is 35.3 Å². The van der Waals surface area contributed by atoms with Crippen LogP contribution in [0.15, 0.2) is 60.0 Å². The number of carbonyl (C=O) groups excluding carboxylic acids is 1. The van der Waals surface area contributed by atoms with Crippen molar-refractivity contribution in [1.29, 1.82) is 0 Å². The minimum Gasteiger partial charge on any atom is -0.491 e. The van der Waals surface area contributed by atoms with Gasteiger partial charge in [0.2, 0.25) is 0 Å². The number of rotatable bonds is 6. The maximum atomic E-state index is 13.9. The first-order valence-corrected chi connectivity index (χ1v) is 14.5. The number of anilines is 1. The predicted molar refractivity (Wildman–Crippen MR) is 149 cm³/mol. The maximum Gasteiger partial charge on any atom is 0.280 e. The molecule has 0 saturated heterocycles. The van der Waals surface area contributed by atoms with Gasteiger partial charge >= 0.3 is 0 Å².